The number of halogens is 1. The molecule has 0 atom stereocenters. The van der Waals surface area contributed by atoms with Gasteiger partial charge >= 0.3 is 0 Å². The van der Waals surface area contributed by atoms with E-state index in [-0.39, 0.29) is 11.8 Å². The number of aromatic nitrogens is 8. The summed E-state index contributed by atoms with van der Waals surface area (Å²) in [6.07, 6.45) is 8.31. The summed E-state index contributed by atoms with van der Waals surface area (Å²) >= 11 is 3.36. The summed E-state index contributed by atoms with van der Waals surface area (Å²) in [5.41, 5.74) is 5.34. The lowest BCUT2D eigenvalue weighted by Crippen LogP contribution is -2.24. The van der Waals surface area contributed by atoms with E-state index in [1.54, 1.807) is 17.6 Å². The topological polar surface area (TPSA) is 137 Å². The lowest BCUT2D eigenvalue weighted by Gasteiger charge is -2.15. The summed E-state index contributed by atoms with van der Waals surface area (Å²) in [4.78, 5) is 34.4. The molecule has 2 aliphatic heterocycles. The fourth-order valence-electron chi connectivity index (χ4n) is 5.93. The van der Waals surface area contributed by atoms with Crippen molar-refractivity contribution in [1.82, 2.24) is 44.8 Å². The standard InChI is InChI=1S/C18H15N5O.C10H9BrN4.C8H7NO/c24-18-14-5-2-1-4-12(14)10-22(18)16-7-3-6-15(20-16)17-21-19-11-23(17)13-8-9-13;11-9-3-1-2-8(13-9)10-14-12-6-15(10)7-4-5-7;10-8-7-4-2-1-3-6(7)5-9-8/h1-7,11,13H,8-10H2;1-3,6-7H,4-5H2;1-4H,5H2,(H,9,10). The zero-order valence-corrected chi connectivity index (χ0v) is 27.9. The average Bonchev–Trinajstić information content (AvgIpc) is 3.98. The molecule has 0 saturated heterocycles. The van der Waals surface area contributed by atoms with Crippen molar-refractivity contribution >= 4 is 33.6 Å². The molecule has 0 radical (unpaired) electrons. The summed E-state index contributed by atoms with van der Waals surface area (Å²) in [5.74, 6) is 2.33. The first kappa shape index (κ1) is 30.8. The van der Waals surface area contributed by atoms with Gasteiger partial charge in [-0.2, -0.15) is 0 Å². The predicted octanol–water partition coefficient (Wildman–Crippen LogP) is 6.20. The van der Waals surface area contributed by atoms with E-state index in [1.807, 2.05) is 84.9 Å². The van der Waals surface area contributed by atoms with Crippen LogP contribution < -0.4 is 10.2 Å². The Labute approximate surface area is 290 Å². The largest absolute Gasteiger partial charge is 0.348 e. The van der Waals surface area contributed by atoms with Crippen LogP contribution in [-0.4, -0.2) is 51.3 Å². The molecular weight excluding hydrogens is 684 g/mol. The van der Waals surface area contributed by atoms with Crippen molar-refractivity contribution in [3.8, 4) is 23.0 Å². The third kappa shape index (κ3) is 6.49. The fraction of sp³-hybridized carbons (Fsp3) is 0.222. The van der Waals surface area contributed by atoms with E-state index >= 15 is 0 Å². The first-order valence-electron chi connectivity index (χ1n) is 16.2. The Balaban J connectivity index is 0.000000118. The average molecular weight is 716 g/mol. The minimum Gasteiger partial charge on any atom is -0.348 e. The second-order valence-corrected chi connectivity index (χ2v) is 13.0. The molecule has 2 amide bonds. The quantitative estimate of drug-likeness (QED) is 0.209. The van der Waals surface area contributed by atoms with Crippen molar-refractivity contribution in [2.75, 3.05) is 4.90 Å². The van der Waals surface area contributed by atoms with Crippen molar-refractivity contribution in [2.24, 2.45) is 0 Å². The number of benzene rings is 2. The number of rotatable bonds is 5. The van der Waals surface area contributed by atoms with E-state index in [1.165, 1.54) is 12.8 Å². The summed E-state index contributed by atoms with van der Waals surface area (Å²) in [7, 11) is 0. The summed E-state index contributed by atoms with van der Waals surface area (Å²) in [6.45, 7) is 1.25. The van der Waals surface area contributed by atoms with Crippen LogP contribution in [0.25, 0.3) is 23.0 Å². The number of amides is 2. The zero-order valence-electron chi connectivity index (χ0n) is 26.4. The number of anilines is 1. The molecule has 4 aromatic heterocycles. The SMILES string of the molecule is Brc1cccc(-c2nncn2C2CC2)n1.O=C1NCc2ccccc21.O=C1c2ccccc2CN1c1cccc(-c2nncn2C2CC2)n1. The summed E-state index contributed by atoms with van der Waals surface area (Å²) in [5, 5.41) is 19.1. The number of pyridine rings is 2. The van der Waals surface area contributed by atoms with E-state index < -0.39 is 0 Å². The van der Waals surface area contributed by atoms with Gasteiger partial charge in [0, 0.05) is 29.8 Å². The van der Waals surface area contributed by atoms with Gasteiger partial charge in [0.05, 0.1) is 6.54 Å². The van der Waals surface area contributed by atoms with Gasteiger partial charge in [-0.15, -0.1) is 20.4 Å². The van der Waals surface area contributed by atoms with Crippen LogP contribution in [0.3, 0.4) is 0 Å². The van der Waals surface area contributed by atoms with Crippen LogP contribution in [0.15, 0.2) is 102 Å². The molecule has 0 spiro atoms. The third-order valence-electron chi connectivity index (χ3n) is 8.73. The molecular formula is C36H31BrN10O2. The highest BCUT2D eigenvalue weighted by atomic mass is 79.9. The molecule has 6 aromatic rings. The highest BCUT2D eigenvalue weighted by molar-refractivity contribution is 9.10. The molecule has 2 aliphatic carbocycles. The maximum absolute atomic E-state index is 12.6. The second kappa shape index (κ2) is 13.2. The molecule has 49 heavy (non-hydrogen) atoms. The smallest absolute Gasteiger partial charge is 0.260 e. The van der Waals surface area contributed by atoms with E-state index in [4.69, 9.17) is 0 Å². The zero-order chi connectivity index (χ0) is 33.3. The normalized spacial score (nSPS) is 15.8. The lowest BCUT2D eigenvalue weighted by molar-refractivity contribution is 0.0963. The molecule has 4 aliphatic rings. The molecule has 2 saturated carbocycles. The molecule has 1 N–H and O–H groups in total. The van der Waals surface area contributed by atoms with Gasteiger partial charge in [0.25, 0.3) is 11.8 Å². The minimum atomic E-state index is -0.00101. The van der Waals surface area contributed by atoms with Crippen LogP contribution in [0, 0.1) is 0 Å². The van der Waals surface area contributed by atoms with E-state index in [2.05, 4.69) is 60.7 Å². The van der Waals surface area contributed by atoms with Crippen molar-refractivity contribution in [3.63, 3.8) is 0 Å². The second-order valence-electron chi connectivity index (χ2n) is 12.2. The van der Waals surface area contributed by atoms with Gasteiger partial charge in [0.15, 0.2) is 11.6 Å². The maximum Gasteiger partial charge on any atom is 0.260 e. The van der Waals surface area contributed by atoms with Crippen molar-refractivity contribution < 1.29 is 9.59 Å². The third-order valence-corrected chi connectivity index (χ3v) is 9.18. The van der Waals surface area contributed by atoms with Crippen LogP contribution in [0.5, 0.6) is 0 Å². The van der Waals surface area contributed by atoms with Crippen molar-refractivity contribution in [1.29, 1.82) is 0 Å². The molecule has 2 fully saturated rings. The number of nitrogens with one attached hydrogen (secondary N) is 1. The molecule has 0 unspecified atom stereocenters. The van der Waals surface area contributed by atoms with Crippen molar-refractivity contribution in [2.45, 2.75) is 50.9 Å². The summed E-state index contributed by atoms with van der Waals surface area (Å²) < 4.78 is 5.01. The molecule has 13 heteroatoms. The van der Waals surface area contributed by atoms with Gasteiger partial charge in [-0.05, 0) is 89.1 Å². The Kier molecular flexibility index (Phi) is 8.25. The highest BCUT2D eigenvalue weighted by Gasteiger charge is 2.31. The summed E-state index contributed by atoms with van der Waals surface area (Å²) in [6, 6.07) is 27.9. The lowest BCUT2D eigenvalue weighted by atomic mass is 10.1. The number of carbonyl (C=O) groups excluding carboxylic acids is 2. The van der Waals surface area contributed by atoms with Gasteiger partial charge in [-0.25, -0.2) is 9.97 Å². The first-order valence-corrected chi connectivity index (χ1v) is 17.0. The molecule has 12 nitrogen and oxygen atoms in total. The molecule has 2 aromatic carbocycles. The van der Waals surface area contributed by atoms with Gasteiger partial charge in [0.2, 0.25) is 0 Å². The van der Waals surface area contributed by atoms with Gasteiger partial charge in [-0.1, -0.05) is 48.5 Å². The highest BCUT2D eigenvalue weighted by Crippen LogP contribution is 2.38. The number of carbonyl (C=O) groups is 2. The molecule has 244 valence electrons. The van der Waals surface area contributed by atoms with Crippen molar-refractivity contribution in [3.05, 3.63) is 124 Å². The number of hydrogen-bond donors (Lipinski definition) is 1. The minimum absolute atomic E-state index is 0.00101. The van der Waals surface area contributed by atoms with E-state index in [0.29, 0.717) is 31.0 Å². The van der Waals surface area contributed by atoms with Gasteiger partial charge in [-0.3, -0.25) is 14.5 Å². The maximum atomic E-state index is 12.6. The Morgan fingerprint density at radius 3 is 1.86 bits per heavy atom. The molecule has 6 heterocycles. The number of hydrogen-bond acceptors (Lipinski definition) is 8. The Bertz CT molecular complexity index is 2170. The van der Waals surface area contributed by atoms with Crippen LogP contribution in [0.1, 0.15) is 69.6 Å². The predicted molar refractivity (Wildman–Crippen MR) is 185 cm³/mol. The Morgan fingerprint density at radius 1 is 0.653 bits per heavy atom. The first-order chi connectivity index (χ1) is 24.0. The van der Waals surface area contributed by atoms with Gasteiger partial charge < -0.3 is 14.5 Å². The molecule has 10 rings (SSSR count). The van der Waals surface area contributed by atoms with Crippen LogP contribution >= 0.6 is 15.9 Å². The van der Waals surface area contributed by atoms with Gasteiger partial charge in [0.1, 0.15) is 34.5 Å². The number of fused-ring (bicyclic) bond motifs is 2. The Hall–Kier alpha value is -5.56. The van der Waals surface area contributed by atoms with Crippen LogP contribution in [-0.2, 0) is 13.1 Å². The van der Waals surface area contributed by atoms with Crippen LogP contribution in [0.4, 0.5) is 5.82 Å². The fourth-order valence-corrected chi connectivity index (χ4v) is 6.27. The van der Waals surface area contributed by atoms with E-state index in [9.17, 15) is 9.59 Å². The van der Waals surface area contributed by atoms with Crippen LogP contribution in [0.2, 0.25) is 0 Å². The van der Waals surface area contributed by atoms with E-state index in [0.717, 1.165) is 62.7 Å². The monoisotopic (exact) mass is 714 g/mol. The molecule has 0 bridgehead atoms. The Morgan fingerprint density at radius 2 is 1.24 bits per heavy atom. The number of nitrogens with zero attached hydrogens (tertiary/aromatic N) is 9.